The van der Waals surface area contributed by atoms with Crippen LogP contribution in [-0.4, -0.2) is 34.4 Å². The fraction of sp³-hybridized carbons (Fsp3) is 0.353. The van der Waals surface area contributed by atoms with Crippen LogP contribution in [0.15, 0.2) is 29.6 Å². The van der Waals surface area contributed by atoms with E-state index in [2.05, 4.69) is 4.98 Å². The fourth-order valence-corrected chi connectivity index (χ4v) is 5.20. The van der Waals surface area contributed by atoms with Crippen LogP contribution in [0.5, 0.6) is 0 Å². The first-order valence-corrected chi connectivity index (χ1v) is 9.51. The second-order valence-electron chi connectivity index (χ2n) is 5.47. The van der Waals surface area contributed by atoms with E-state index in [0.717, 1.165) is 40.0 Å². The molecule has 118 valence electrons. The van der Waals surface area contributed by atoms with Crippen LogP contribution in [0.25, 0.3) is 21.6 Å². The minimum Gasteiger partial charge on any atom is -0.384 e. The summed E-state index contributed by atoms with van der Waals surface area (Å²) in [6.07, 6.45) is 7.19. The van der Waals surface area contributed by atoms with Gasteiger partial charge in [0.2, 0.25) is 0 Å². The number of nitrogens with zero attached hydrogens (tertiary/aromatic N) is 3. The zero-order chi connectivity index (χ0) is 15.6. The van der Waals surface area contributed by atoms with Crippen molar-refractivity contribution in [3.05, 3.63) is 35.0 Å². The molecule has 3 aromatic rings. The monoisotopic (exact) mass is 343 g/mol. The van der Waals surface area contributed by atoms with E-state index in [-0.39, 0.29) is 0 Å². The summed E-state index contributed by atoms with van der Waals surface area (Å²) in [6, 6.07) is 3.94. The van der Waals surface area contributed by atoms with Gasteiger partial charge in [-0.1, -0.05) is 0 Å². The van der Waals surface area contributed by atoms with Crippen molar-refractivity contribution in [1.82, 2.24) is 15.0 Å². The van der Waals surface area contributed by atoms with E-state index in [1.54, 1.807) is 25.1 Å². The van der Waals surface area contributed by atoms with Gasteiger partial charge in [0.25, 0.3) is 0 Å². The first-order chi connectivity index (χ1) is 11.4. The summed E-state index contributed by atoms with van der Waals surface area (Å²) in [7, 11) is 1.74. The molecular weight excluding hydrogens is 326 g/mol. The van der Waals surface area contributed by atoms with Crippen molar-refractivity contribution in [2.24, 2.45) is 0 Å². The summed E-state index contributed by atoms with van der Waals surface area (Å²) in [6.45, 7) is 0.727. The van der Waals surface area contributed by atoms with Gasteiger partial charge in [0.15, 0.2) is 5.82 Å². The molecule has 6 heteroatoms. The highest BCUT2D eigenvalue weighted by atomic mass is 32.2. The molecular formula is C17H17N3OS2. The summed E-state index contributed by atoms with van der Waals surface area (Å²) in [5, 5.41) is 2.36. The van der Waals surface area contributed by atoms with E-state index >= 15 is 0 Å². The molecule has 0 aromatic carbocycles. The molecule has 0 saturated carbocycles. The van der Waals surface area contributed by atoms with Crippen LogP contribution in [-0.2, 0) is 17.6 Å². The lowest BCUT2D eigenvalue weighted by atomic mass is 10.2. The van der Waals surface area contributed by atoms with Crippen molar-refractivity contribution in [1.29, 1.82) is 0 Å². The molecule has 0 fully saturated rings. The maximum absolute atomic E-state index is 5.19. The Bertz CT molecular complexity index is 833. The number of ether oxygens (including phenoxy) is 1. The van der Waals surface area contributed by atoms with Gasteiger partial charge in [0, 0.05) is 41.1 Å². The minimum absolute atomic E-state index is 0.727. The van der Waals surface area contributed by atoms with E-state index in [1.165, 1.54) is 28.7 Å². The standard InChI is InChI=1S/C17H17N3OS2/c1-21-8-9-22-16-14-12-5-2-6-13(12)23-17(14)20-15(19-16)11-4-3-7-18-10-11/h3-4,7,10H,2,5-6,8-9H2,1H3. The maximum atomic E-state index is 5.19. The van der Waals surface area contributed by atoms with Gasteiger partial charge in [-0.05, 0) is 37.0 Å². The van der Waals surface area contributed by atoms with Crippen molar-refractivity contribution < 1.29 is 4.74 Å². The molecule has 4 nitrogen and oxygen atoms in total. The molecule has 0 unspecified atom stereocenters. The van der Waals surface area contributed by atoms with E-state index < -0.39 is 0 Å². The third kappa shape index (κ3) is 2.86. The molecule has 0 spiro atoms. The number of hydrogen-bond donors (Lipinski definition) is 0. The van der Waals surface area contributed by atoms with Gasteiger partial charge in [-0.3, -0.25) is 4.98 Å². The SMILES string of the molecule is COCCSc1nc(-c2cccnc2)nc2sc3c(c12)CCC3. The van der Waals surface area contributed by atoms with Gasteiger partial charge < -0.3 is 4.74 Å². The number of aromatic nitrogens is 3. The molecule has 0 saturated heterocycles. The van der Waals surface area contributed by atoms with Crippen LogP contribution in [0.2, 0.25) is 0 Å². The molecule has 0 N–H and O–H groups in total. The van der Waals surface area contributed by atoms with Crippen molar-refractivity contribution in [3.8, 4) is 11.4 Å². The van der Waals surface area contributed by atoms with Gasteiger partial charge in [-0.2, -0.15) is 0 Å². The minimum atomic E-state index is 0.727. The largest absolute Gasteiger partial charge is 0.384 e. The van der Waals surface area contributed by atoms with E-state index in [4.69, 9.17) is 14.7 Å². The van der Waals surface area contributed by atoms with Crippen LogP contribution in [0.3, 0.4) is 0 Å². The van der Waals surface area contributed by atoms with E-state index in [0.29, 0.717) is 0 Å². The Morgan fingerprint density at radius 1 is 1.30 bits per heavy atom. The number of thioether (sulfide) groups is 1. The number of pyridine rings is 1. The average molecular weight is 343 g/mol. The number of fused-ring (bicyclic) bond motifs is 3. The second-order valence-corrected chi connectivity index (χ2v) is 7.64. The number of thiophene rings is 1. The first kappa shape index (κ1) is 15.1. The third-order valence-electron chi connectivity index (χ3n) is 3.98. The Kier molecular flexibility index (Phi) is 4.29. The van der Waals surface area contributed by atoms with Crippen LogP contribution < -0.4 is 0 Å². The molecule has 0 radical (unpaired) electrons. The fourth-order valence-electron chi connectivity index (χ4n) is 2.91. The van der Waals surface area contributed by atoms with Crippen LogP contribution in [0.1, 0.15) is 16.9 Å². The van der Waals surface area contributed by atoms with Crippen LogP contribution >= 0.6 is 23.1 Å². The molecule has 0 amide bonds. The lowest BCUT2D eigenvalue weighted by Gasteiger charge is -2.07. The van der Waals surface area contributed by atoms with Crippen molar-refractivity contribution >= 4 is 33.3 Å². The number of methoxy groups -OCH3 is 1. The summed E-state index contributed by atoms with van der Waals surface area (Å²) >= 11 is 3.60. The van der Waals surface area contributed by atoms with Gasteiger partial charge in [0.05, 0.1) is 6.61 Å². The zero-order valence-electron chi connectivity index (χ0n) is 12.9. The second kappa shape index (κ2) is 6.55. The molecule has 1 aliphatic rings. The number of aryl methyl sites for hydroxylation is 2. The molecule has 3 aromatic heterocycles. The maximum Gasteiger partial charge on any atom is 0.163 e. The highest BCUT2D eigenvalue weighted by Gasteiger charge is 2.22. The molecule has 0 aliphatic heterocycles. The average Bonchev–Trinajstić information content (AvgIpc) is 3.16. The highest BCUT2D eigenvalue weighted by Crippen LogP contribution is 2.41. The summed E-state index contributed by atoms with van der Waals surface area (Å²) in [5.74, 6) is 1.67. The lowest BCUT2D eigenvalue weighted by molar-refractivity contribution is 0.218. The van der Waals surface area contributed by atoms with Gasteiger partial charge in [0.1, 0.15) is 9.86 Å². The van der Waals surface area contributed by atoms with Gasteiger partial charge in [-0.25, -0.2) is 9.97 Å². The molecule has 23 heavy (non-hydrogen) atoms. The first-order valence-electron chi connectivity index (χ1n) is 7.71. The predicted octanol–water partition coefficient (Wildman–Crippen LogP) is 3.98. The van der Waals surface area contributed by atoms with Gasteiger partial charge in [-0.15, -0.1) is 23.1 Å². The topological polar surface area (TPSA) is 47.9 Å². The smallest absolute Gasteiger partial charge is 0.163 e. The lowest BCUT2D eigenvalue weighted by Crippen LogP contribution is -1.97. The normalized spacial score (nSPS) is 13.6. The van der Waals surface area contributed by atoms with Crippen LogP contribution in [0.4, 0.5) is 0 Å². The van der Waals surface area contributed by atoms with Crippen molar-refractivity contribution in [2.45, 2.75) is 24.3 Å². The molecule has 4 rings (SSSR count). The number of rotatable bonds is 5. The Balaban J connectivity index is 1.84. The van der Waals surface area contributed by atoms with Crippen molar-refractivity contribution in [3.63, 3.8) is 0 Å². The summed E-state index contributed by atoms with van der Waals surface area (Å²) in [5.41, 5.74) is 2.44. The Morgan fingerprint density at radius 2 is 2.26 bits per heavy atom. The molecule has 0 bridgehead atoms. The Morgan fingerprint density at radius 3 is 3.09 bits per heavy atom. The van der Waals surface area contributed by atoms with E-state index in [9.17, 15) is 0 Å². The highest BCUT2D eigenvalue weighted by molar-refractivity contribution is 7.99. The third-order valence-corrected chi connectivity index (χ3v) is 6.10. The summed E-state index contributed by atoms with van der Waals surface area (Å²) < 4.78 is 5.19. The summed E-state index contributed by atoms with van der Waals surface area (Å²) in [4.78, 5) is 16.5. The number of hydrogen-bond acceptors (Lipinski definition) is 6. The van der Waals surface area contributed by atoms with Crippen LogP contribution in [0, 0.1) is 0 Å². The molecule has 3 heterocycles. The van der Waals surface area contributed by atoms with Crippen molar-refractivity contribution in [2.75, 3.05) is 19.5 Å². The zero-order valence-corrected chi connectivity index (χ0v) is 14.5. The Hall–Kier alpha value is -1.50. The Labute approximate surface area is 143 Å². The molecule has 1 aliphatic carbocycles. The predicted molar refractivity (Wildman–Crippen MR) is 95.3 cm³/mol. The molecule has 0 atom stereocenters. The van der Waals surface area contributed by atoms with E-state index in [1.807, 2.05) is 29.7 Å². The quantitative estimate of drug-likeness (QED) is 0.398. The van der Waals surface area contributed by atoms with Gasteiger partial charge >= 0.3 is 0 Å².